The summed E-state index contributed by atoms with van der Waals surface area (Å²) >= 11 is 5.59. The minimum Gasteiger partial charge on any atom is -0.388 e. The van der Waals surface area contributed by atoms with Crippen molar-refractivity contribution in [1.82, 2.24) is 9.78 Å². The van der Waals surface area contributed by atoms with Gasteiger partial charge in [-0.05, 0) is 62.5 Å². The lowest BCUT2D eigenvalue weighted by atomic mass is 10.0. The average molecular weight is 516 g/mol. The second kappa shape index (κ2) is 8.26. The van der Waals surface area contributed by atoms with E-state index in [-0.39, 0.29) is 23.4 Å². The summed E-state index contributed by atoms with van der Waals surface area (Å²) in [5.74, 6) is -0.507. The van der Waals surface area contributed by atoms with Gasteiger partial charge in [-0.25, -0.2) is 0 Å². The number of halogens is 3. The predicted molar refractivity (Wildman–Crippen MR) is 128 cm³/mol. The van der Waals surface area contributed by atoms with Gasteiger partial charge in [-0.3, -0.25) is 14.4 Å². The second-order valence-corrected chi connectivity index (χ2v) is 9.53. The normalized spacial score (nSPS) is 22.0. The number of aromatic nitrogens is 2. The number of thiocarbonyl (C=S) groups is 1. The first-order chi connectivity index (χ1) is 16.9. The highest BCUT2D eigenvalue weighted by atomic mass is 32.1. The van der Waals surface area contributed by atoms with Crippen LogP contribution in [-0.2, 0) is 15.7 Å². The standard InChI is InChI=1S/C24H20F3N5O3S/c1-23(2)21(34)30(15-4-3-13(9-28)17(8-15)24(25,26)27)22(36)31(23)16-5-6-18-14(7-16)10-29-32(18)19-11-35-12-20(19)33/h3-8,10,19-20,33H,11-12H2,1-2H3. The Morgan fingerprint density at radius 3 is 2.56 bits per heavy atom. The maximum atomic E-state index is 13.5. The van der Waals surface area contributed by atoms with Crippen molar-refractivity contribution in [1.29, 1.82) is 5.26 Å². The van der Waals surface area contributed by atoms with Crippen molar-refractivity contribution in [3.63, 3.8) is 0 Å². The van der Waals surface area contributed by atoms with Crippen LogP contribution < -0.4 is 9.80 Å². The van der Waals surface area contributed by atoms with Crippen molar-refractivity contribution in [2.75, 3.05) is 23.0 Å². The molecule has 2 fully saturated rings. The number of benzene rings is 2. The molecule has 0 spiro atoms. The molecule has 2 atom stereocenters. The molecule has 2 aromatic carbocycles. The maximum absolute atomic E-state index is 13.5. The Balaban J connectivity index is 1.54. The summed E-state index contributed by atoms with van der Waals surface area (Å²) in [7, 11) is 0. The Morgan fingerprint density at radius 1 is 1.19 bits per heavy atom. The number of amides is 1. The van der Waals surface area contributed by atoms with E-state index < -0.39 is 34.9 Å². The predicted octanol–water partition coefficient (Wildman–Crippen LogP) is 3.78. The van der Waals surface area contributed by atoms with Crippen LogP contribution in [0.4, 0.5) is 24.5 Å². The fourth-order valence-corrected chi connectivity index (χ4v) is 5.19. The number of nitrogens with zero attached hydrogens (tertiary/aromatic N) is 5. The molecule has 2 aliphatic heterocycles. The van der Waals surface area contributed by atoms with Gasteiger partial charge in [0.15, 0.2) is 5.11 Å². The lowest BCUT2D eigenvalue weighted by Crippen LogP contribution is -2.44. The molecule has 0 aliphatic carbocycles. The Morgan fingerprint density at radius 2 is 1.92 bits per heavy atom. The van der Waals surface area contributed by atoms with Crippen molar-refractivity contribution in [2.24, 2.45) is 0 Å². The molecule has 3 heterocycles. The summed E-state index contributed by atoms with van der Waals surface area (Å²) in [6, 6.07) is 9.61. The third-order valence-electron chi connectivity index (χ3n) is 6.53. The van der Waals surface area contributed by atoms with Gasteiger partial charge in [0.25, 0.3) is 5.91 Å². The zero-order valence-corrected chi connectivity index (χ0v) is 20.0. The van der Waals surface area contributed by atoms with E-state index in [9.17, 15) is 23.1 Å². The number of carbonyl (C=O) groups excluding carboxylic acids is 1. The summed E-state index contributed by atoms with van der Waals surface area (Å²) in [5.41, 5.74) is -1.65. The molecule has 2 aliphatic rings. The molecule has 0 radical (unpaired) electrons. The molecule has 2 unspecified atom stereocenters. The van der Waals surface area contributed by atoms with Crippen LogP contribution in [0.25, 0.3) is 10.9 Å². The Bertz CT molecular complexity index is 1450. The third-order valence-corrected chi connectivity index (χ3v) is 6.89. The number of aliphatic hydroxyl groups excluding tert-OH is 1. The number of carbonyl (C=O) groups is 1. The van der Waals surface area contributed by atoms with Gasteiger partial charge in [0, 0.05) is 11.1 Å². The molecule has 1 amide bonds. The van der Waals surface area contributed by atoms with E-state index in [1.54, 1.807) is 47.8 Å². The van der Waals surface area contributed by atoms with E-state index in [0.29, 0.717) is 12.3 Å². The Hall–Kier alpha value is -3.53. The van der Waals surface area contributed by atoms with E-state index in [1.165, 1.54) is 12.1 Å². The number of anilines is 2. The molecule has 12 heteroatoms. The maximum Gasteiger partial charge on any atom is 0.417 e. The summed E-state index contributed by atoms with van der Waals surface area (Å²) in [6.45, 7) is 3.83. The summed E-state index contributed by atoms with van der Waals surface area (Å²) < 4.78 is 47.7. The van der Waals surface area contributed by atoms with Gasteiger partial charge in [0.05, 0.1) is 47.8 Å². The van der Waals surface area contributed by atoms with Gasteiger partial charge in [0.1, 0.15) is 17.7 Å². The monoisotopic (exact) mass is 515 g/mol. The van der Waals surface area contributed by atoms with Crippen LogP contribution in [0.1, 0.15) is 31.0 Å². The molecule has 5 rings (SSSR count). The van der Waals surface area contributed by atoms with E-state index in [4.69, 9.17) is 22.2 Å². The SMILES string of the molecule is CC1(C)C(=O)N(c2ccc(C#N)c(C(F)(F)F)c2)C(=S)N1c1ccc2c(cnn2C2COCC2O)c1. The fourth-order valence-electron chi connectivity index (χ4n) is 4.67. The van der Waals surface area contributed by atoms with E-state index in [2.05, 4.69) is 5.10 Å². The van der Waals surface area contributed by atoms with Crippen LogP contribution >= 0.6 is 12.2 Å². The molecule has 186 valence electrons. The molecular weight excluding hydrogens is 495 g/mol. The van der Waals surface area contributed by atoms with Crippen LogP contribution in [0.5, 0.6) is 0 Å². The summed E-state index contributed by atoms with van der Waals surface area (Å²) in [4.78, 5) is 16.1. The topological polar surface area (TPSA) is 94.6 Å². The first-order valence-corrected chi connectivity index (χ1v) is 11.4. The Kier molecular flexibility index (Phi) is 5.55. The zero-order chi connectivity index (χ0) is 26.0. The molecule has 1 aromatic heterocycles. The van der Waals surface area contributed by atoms with Gasteiger partial charge >= 0.3 is 6.18 Å². The summed E-state index contributed by atoms with van der Waals surface area (Å²) in [5, 5.41) is 24.4. The number of nitriles is 1. The minimum atomic E-state index is -4.77. The highest BCUT2D eigenvalue weighted by molar-refractivity contribution is 7.81. The van der Waals surface area contributed by atoms with Crippen LogP contribution in [0.2, 0.25) is 0 Å². The number of fused-ring (bicyclic) bond motifs is 1. The molecule has 2 saturated heterocycles. The highest BCUT2D eigenvalue weighted by Crippen LogP contribution is 2.40. The quantitative estimate of drug-likeness (QED) is 0.531. The van der Waals surface area contributed by atoms with Gasteiger partial charge in [0.2, 0.25) is 0 Å². The van der Waals surface area contributed by atoms with Crippen molar-refractivity contribution in [2.45, 2.75) is 37.7 Å². The van der Waals surface area contributed by atoms with Crippen molar-refractivity contribution < 1.29 is 27.8 Å². The highest BCUT2D eigenvalue weighted by Gasteiger charge is 2.50. The van der Waals surface area contributed by atoms with Crippen molar-refractivity contribution >= 4 is 45.5 Å². The van der Waals surface area contributed by atoms with Crippen LogP contribution in [0, 0.1) is 11.3 Å². The van der Waals surface area contributed by atoms with E-state index in [0.717, 1.165) is 27.9 Å². The average Bonchev–Trinajstić information content (AvgIpc) is 3.47. The van der Waals surface area contributed by atoms with Crippen LogP contribution in [0.3, 0.4) is 0 Å². The number of alkyl halides is 3. The van der Waals surface area contributed by atoms with E-state index >= 15 is 0 Å². The van der Waals surface area contributed by atoms with Crippen LogP contribution in [-0.4, -0.2) is 50.8 Å². The second-order valence-electron chi connectivity index (χ2n) is 9.16. The molecule has 1 N–H and O–H groups in total. The van der Waals surface area contributed by atoms with Crippen molar-refractivity contribution in [3.05, 3.63) is 53.7 Å². The molecular formula is C24H20F3N5O3S. The van der Waals surface area contributed by atoms with E-state index in [1.807, 2.05) is 0 Å². The van der Waals surface area contributed by atoms with Crippen molar-refractivity contribution in [3.8, 4) is 6.07 Å². The number of ether oxygens (including phenoxy) is 1. The van der Waals surface area contributed by atoms with Gasteiger partial charge in [-0.1, -0.05) is 0 Å². The smallest absolute Gasteiger partial charge is 0.388 e. The summed E-state index contributed by atoms with van der Waals surface area (Å²) in [6.07, 6.45) is -3.83. The third kappa shape index (κ3) is 3.62. The molecule has 36 heavy (non-hydrogen) atoms. The lowest BCUT2D eigenvalue weighted by Gasteiger charge is -2.29. The number of hydrogen-bond donors (Lipinski definition) is 1. The fraction of sp³-hybridized carbons (Fsp3) is 0.333. The molecule has 3 aromatic rings. The van der Waals surface area contributed by atoms with Crippen LogP contribution in [0.15, 0.2) is 42.6 Å². The number of hydrogen-bond acceptors (Lipinski definition) is 6. The largest absolute Gasteiger partial charge is 0.417 e. The minimum absolute atomic E-state index is 0.00851. The lowest BCUT2D eigenvalue weighted by molar-refractivity contribution is -0.137. The van der Waals surface area contributed by atoms with Gasteiger partial charge in [-0.15, -0.1) is 0 Å². The first kappa shape index (κ1) is 24.2. The Labute approximate surface area is 209 Å². The zero-order valence-electron chi connectivity index (χ0n) is 19.2. The molecule has 8 nitrogen and oxygen atoms in total. The molecule has 0 saturated carbocycles. The number of rotatable bonds is 3. The van der Waals surface area contributed by atoms with Gasteiger partial charge < -0.3 is 14.7 Å². The number of aliphatic hydroxyl groups is 1. The first-order valence-electron chi connectivity index (χ1n) is 11.0. The van der Waals surface area contributed by atoms with Gasteiger partial charge in [-0.2, -0.15) is 23.5 Å². The molecule has 0 bridgehead atoms.